The highest BCUT2D eigenvalue weighted by atomic mass is 16.6. The van der Waals surface area contributed by atoms with Gasteiger partial charge in [-0.2, -0.15) is 0 Å². The number of nitro benzene ring substituents is 1. The van der Waals surface area contributed by atoms with E-state index >= 15 is 0 Å². The molecular weight excluding hydrogens is 286 g/mol. The van der Waals surface area contributed by atoms with Gasteiger partial charge in [-0.05, 0) is 19.4 Å². The zero-order valence-electron chi connectivity index (χ0n) is 13.2. The van der Waals surface area contributed by atoms with Crippen molar-refractivity contribution in [1.29, 1.82) is 0 Å². The molecule has 0 aliphatic carbocycles. The van der Waals surface area contributed by atoms with Crippen molar-refractivity contribution in [3.8, 4) is 11.5 Å². The molecule has 7 nitrogen and oxygen atoms in total. The van der Waals surface area contributed by atoms with Crippen molar-refractivity contribution in [2.24, 2.45) is 4.99 Å². The van der Waals surface area contributed by atoms with Gasteiger partial charge in [-0.3, -0.25) is 15.1 Å². The van der Waals surface area contributed by atoms with E-state index in [1.807, 2.05) is 25.8 Å². The third kappa shape index (κ3) is 3.29. The van der Waals surface area contributed by atoms with Crippen LogP contribution < -0.4 is 9.47 Å². The average molecular weight is 307 g/mol. The molecule has 1 aliphatic heterocycles. The maximum atomic E-state index is 11.4. The first kappa shape index (κ1) is 16.1. The number of hydrogen-bond acceptors (Lipinski definition) is 6. The van der Waals surface area contributed by atoms with Gasteiger partial charge in [0, 0.05) is 25.2 Å². The minimum absolute atomic E-state index is 0.0857. The van der Waals surface area contributed by atoms with E-state index in [9.17, 15) is 10.1 Å². The molecule has 120 valence electrons. The Morgan fingerprint density at radius 1 is 1.36 bits per heavy atom. The summed E-state index contributed by atoms with van der Waals surface area (Å²) in [7, 11) is 1.92. The van der Waals surface area contributed by atoms with E-state index < -0.39 is 4.92 Å². The second kappa shape index (κ2) is 7.11. The minimum atomic E-state index is -0.438. The average Bonchev–Trinajstić information content (AvgIpc) is 2.91. The SMILES string of the molecule is CCCOc1c(OCC)cc(C2=NCCN2C)cc1[N+](=O)[O-]. The van der Waals surface area contributed by atoms with Crippen molar-refractivity contribution < 1.29 is 14.4 Å². The topological polar surface area (TPSA) is 77.2 Å². The first-order chi connectivity index (χ1) is 10.6. The summed E-state index contributed by atoms with van der Waals surface area (Å²) in [5, 5.41) is 11.4. The van der Waals surface area contributed by atoms with Gasteiger partial charge in [0.05, 0.1) is 24.7 Å². The van der Waals surface area contributed by atoms with Gasteiger partial charge in [-0.25, -0.2) is 0 Å². The Labute approximate surface area is 129 Å². The molecule has 1 aromatic carbocycles. The first-order valence-corrected chi connectivity index (χ1v) is 7.42. The third-order valence-electron chi connectivity index (χ3n) is 3.30. The first-order valence-electron chi connectivity index (χ1n) is 7.42. The Morgan fingerprint density at radius 3 is 2.68 bits per heavy atom. The molecule has 2 rings (SSSR count). The summed E-state index contributed by atoms with van der Waals surface area (Å²) in [6, 6.07) is 3.27. The van der Waals surface area contributed by atoms with E-state index in [1.165, 1.54) is 6.07 Å². The van der Waals surface area contributed by atoms with Crippen molar-refractivity contribution >= 4 is 11.5 Å². The van der Waals surface area contributed by atoms with E-state index in [4.69, 9.17) is 9.47 Å². The van der Waals surface area contributed by atoms with E-state index in [0.717, 1.165) is 18.8 Å². The fourth-order valence-corrected chi connectivity index (χ4v) is 2.31. The van der Waals surface area contributed by atoms with E-state index in [0.29, 0.717) is 31.1 Å². The van der Waals surface area contributed by atoms with Gasteiger partial charge in [0.25, 0.3) is 0 Å². The maximum absolute atomic E-state index is 11.4. The fraction of sp³-hybridized carbons (Fsp3) is 0.533. The van der Waals surface area contributed by atoms with Crippen LogP contribution in [-0.4, -0.2) is 49.0 Å². The second-order valence-electron chi connectivity index (χ2n) is 4.99. The molecule has 0 N–H and O–H groups in total. The molecule has 1 aromatic rings. The highest BCUT2D eigenvalue weighted by Gasteiger charge is 2.26. The van der Waals surface area contributed by atoms with E-state index in [-0.39, 0.29) is 11.4 Å². The molecule has 0 saturated carbocycles. The highest BCUT2D eigenvalue weighted by molar-refractivity contribution is 6.01. The lowest BCUT2D eigenvalue weighted by Crippen LogP contribution is -2.23. The number of hydrogen-bond donors (Lipinski definition) is 0. The number of amidine groups is 1. The molecule has 0 radical (unpaired) electrons. The summed E-state index contributed by atoms with van der Waals surface area (Å²) >= 11 is 0. The van der Waals surface area contributed by atoms with Crippen molar-refractivity contribution in [3.63, 3.8) is 0 Å². The number of benzene rings is 1. The number of rotatable bonds is 7. The normalized spacial score (nSPS) is 14.0. The number of nitro groups is 1. The number of ether oxygens (including phenoxy) is 2. The smallest absolute Gasteiger partial charge is 0.315 e. The van der Waals surface area contributed by atoms with Gasteiger partial charge in [0.2, 0.25) is 5.75 Å². The molecule has 0 amide bonds. The van der Waals surface area contributed by atoms with Crippen LogP contribution >= 0.6 is 0 Å². The van der Waals surface area contributed by atoms with Crippen LogP contribution in [0.15, 0.2) is 17.1 Å². The highest BCUT2D eigenvalue weighted by Crippen LogP contribution is 2.39. The van der Waals surface area contributed by atoms with Gasteiger partial charge < -0.3 is 14.4 Å². The van der Waals surface area contributed by atoms with Crippen molar-refractivity contribution in [2.75, 3.05) is 33.4 Å². The van der Waals surface area contributed by atoms with Crippen LogP contribution in [0.1, 0.15) is 25.8 Å². The molecular formula is C15H21N3O4. The van der Waals surface area contributed by atoms with Crippen LogP contribution in [-0.2, 0) is 0 Å². The van der Waals surface area contributed by atoms with E-state index in [2.05, 4.69) is 4.99 Å². The van der Waals surface area contributed by atoms with Crippen LogP contribution in [0.2, 0.25) is 0 Å². The standard InChI is InChI=1S/C15H21N3O4/c1-4-8-22-14-12(18(19)20)9-11(10-13(14)21-5-2)15-16-6-7-17(15)3/h9-10H,4-8H2,1-3H3. The quantitative estimate of drug-likeness (QED) is 0.571. The Bertz CT molecular complexity index is 586. The Morgan fingerprint density at radius 2 is 2.14 bits per heavy atom. The molecule has 7 heteroatoms. The van der Waals surface area contributed by atoms with Gasteiger partial charge in [-0.1, -0.05) is 6.92 Å². The summed E-state index contributed by atoms with van der Waals surface area (Å²) in [5.74, 6) is 1.33. The largest absolute Gasteiger partial charge is 0.490 e. The molecule has 0 spiro atoms. The summed E-state index contributed by atoms with van der Waals surface area (Å²) in [5.41, 5.74) is 0.594. The van der Waals surface area contributed by atoms with Gasteiger partial charge >= 0.3 is 5.69 Å². The van der Waals surface area contributed by atoms with Crippen LogP contribution in [0, 0.1) is 10.1 Å². The van der Waals surface area contributed by atoms with Crippen molar-refractivity contribution in [1.82, 2.24) is 4.90 Å². The molecule has 0 unspecified atom stereocenters. The van der Waals surface area contributed by atoms with Gasteiger partial charge in [0.15, 0.2) is 5.75 Å². The van der Waals surface area contributed by atoms with Gasteiger partial charge in [0.1, 0.15) is 5.84 Å². The van der Waals surface area contributed by atoms with Crippen LogP contribution in [0.4, 0.5) is 5.69 Å². The number of likely N-dealkylation sites (N-methyl/N-ethyl adjacent to an activating group) is 1. The second-order valence-corrected chi connectivity index (χ2v) is 4.99. The summed E-state index contributed by atoms with van der Waals surface area (Å²) in [6.45, 7) is 6.09. The monoisotopic (exact) mass is 307 g/mol. The summed E-state index contributed by atoms with van der Waals surface area (Å²) < 4.78 is 11.1. The van der Waals surface area contributed by atoms with Crippen molar-refractivity contribution in [3.05, 3.63) is 27.8 Å². The molecule has 22 heavy (non-hydrogen) atoms. The van der Waals surface area contributed by atoms with Crippen LogP contribution in [0.5, 0.6) is 11.5 Å². The molecule has 0 fully saturated rings. The Balaban J connectivity index is 2.51. The molecule has 0 bridgehead atoms. The Kier molecular flexibility index (Phi) is 5.19. The molecule has 0 saturated heterocycles. The number of nitrogens with zero attached hydrogens (tertiary/aromatic N) is 3. The number of aliphatic imine (C=N–C) groups is 1. The lowest BCUT2D eigenvalue weighted by Gasteiger charge is -2.17. The lowest BCUT2D eigenvalue weighted by atomic mass is 10.1. The summed E-state index contributed by atoms with van der Waals surface area (Å²) in [4.78, 5) is 17.3. The fourth-order valence-electron chi connectivity index (χ4n) is 2.31. The predicted octanol–water partition coefficient (Wildman–Crippen LogP) is 2.47. The maximum Gasteiger partial charge on any atom is 0.315 e. The van der Waals surface area contributed by atoms with Crippen LogP contribution in [0.3, 0.4) is 0 Å². The van der Waals surface area contributed by atoms with E-state index in [1.54, 1.807) is 6.07 Å². The zero-order valence-corrected chi connectivity index (χ0v) is 13.2. The molecule has 1 heterocycles. The lowest BCUT2D eigenvalue weighted by molar-refractivity contribution is -0.386. The van der Waals surface area contributed by atoms with Crippen molar-refractivity contribution in [2.45, 2.75) is 20.3 Å². The molecule has 1 aliphatic rings. The van der Waals surface area contributed by atoms with Crippen LogP contribution in [0.25, 0.3) is 0 Å². The Hall–Kier alpha value is -2.31. The predicted molar refractivity (Wildman–Crippen MR) is 84.1 cm³/mol. The van der Waals surface area contributed by atoms with Gasteiger partial charge in [-0.15, -0.1) is 0 Å². The third-order valence-corrected chi connectivity index (χ3v) is 3.30. The molecule has 0 atom stereocenters. The summed E-state index contributed by atoms with van der Waals surface area (Å²) in [6.07, 6.45) is 0.764. The molecule has 0 aromatic heterocycles. The minimum Gasteiger partial charge on any atom is -0.490 e. The zero-order chi connectivity index (χ0) is 16.1.